The maximum absolute atomic E-state index is 11.8. The van der Waals surface area contributed by atoms with Crippen molar-refractivity contribution >= 4 is 6.03 Å². The highest BCUT2D eigenvalue weighted by Gasteiger charge is 2.18. The fourth-order valence-electron chi connectivity index (χ4n) is 2.47. The van der Waals surface area contributed by atoms with Crippen molar-refractivity contribution in [2.45, 2.75) is 25.0 Å². The third-order valence-corrected chi connectivity index (χ3v) is 3.77. The Morgan fingerprint density at radius 3 is 2.87 bits per heavy atom. The van der Waals surface area contributed by atoms with Gasteiger partial charge in [0.2, 0.25) is 0 Å². The molecule has 1 saturated heterocycles. The molecule has 0 spiro atoms. The number of carbonyl (C=O) groups is 1. The Kier molecular flexibility index (Phi) is 6.49. The van der Waals surface area contributed by atoms with E-state index in [2.05, 4.69) is 10.6 Å². The lowest BCUT2D eigenvalue weighted by Crippen LogP contribution is -2.41. The van der Waals surface area contributed by atoms with E-state index in [0.717, 1.165) is 19.4 Å². The first-order valence-electron chi connectivity index (χ1n) is 7.67. The van der Waals surface area contributed by atoms with E-state index in [4.69, 9.17) is 14.2 Å². The predicted octanol–water partition coefficient (Wildman–Crippen LogP) is 1.22. The molecule has 0 aromatic heterocycles. The maximum Gasteiger partial charge on any atom is 0.314 e. The highest BCUT2D eigenvalue weighted by molar-refractivity contribution is 5.73. The minimum Gasteiger partial charge on any atom is -0.497 e. The normalized spacial score (nSPS) is 18.3. The Balaban J connectivity index is 1.83. The number of aliphatic hydroxyl groups is 1. The van der Waals surface area contributed by atoms with Gasteiger partial charge >= 0.3 is 6.03 Å². The van der Waals surface area contributed by atoms with Gasteiger partial charge in [-0.1, -0.05) is 0 Å². The number of methoxy groups -OCH3 is 2. The van der Waals surface area contributed by atoms with Crippen LogP contribution in [0.1, 0.15) is 24.5 Å². The number of ether oxygens (including phenoxy) is 3. The van der Waals surface area contributed by atoms with E-state index >= 15 is 0 Å². The number of amides is 2. The number of hydrogen-bond acceptors (Lipinski definition) is 5. The fourth-order valence-corrected chi connectivity index (χ4v) is 2.47. The molecule has 2 rings (SSSR count). The maximum atomic E-state index is 11.8. The van der Waals surface area contributed by atoms with Gasteiger partial charge in [-0.15, -0.1) is 0 Å². The van der Waals surface area contributed by atoms with E-state index in [1.807, 2.05) is 0 Å². The molecule has 2 amide bonds. The van der Waals surface area contributed by atoms with Gasteiger partial charge in [-0.25, -0.2) is 4.79 Å². The molecule has 128 valence electrons. The molecule has 0 aliphatic carbocycles. The summed E-state index contributed by atoms with van der Waals surface area (Å²) < 4.78 is 15.8. The zero-order valence-electron chi connectivity index (χ0n) is 13.5. The largest absolute Gasteiger partial charge is 0.497 e. The summed E-state index contributed by atoms with van der Waals surface area (Å²) in [5, 5.41) is 15.7. The average molecular weight is 324 g/mol. The lowest BCUT2D eigenvalue weighted by atomic mass is 10.1. The molecule has 1 fully saturated rings. The number of aliphatic hydroxyl groups excluding tert-OH is 1. The van der Waals surface area contributed by atoms with Gasteiger partial charge in [0.25, 0.3) is 0 Å². The van der Waals surface area contributed by atoms with E-state index < -0.39 is 6.10 Å². The lowest BCUT2D eigenvalue weighted by molar-refractivity contribution is 0.111. The number of rotatable bonds is 7. The molecule has 0 radical (unpaired) electrons. The molecule has 1 aromatic carbocycles. The first-order chi connectivity index (χ1) is 11.1. The first kappa shape index (κ1) is 17.4. The van der Waals surface area contributed by atoms with Crippen LogP contribution in [0.4, 0.5) is 4.79 Å². The molecule has 1 heterocycles. The Labute approximate surface area is 135 Å². The number of hydrogen-bond donors (Lipinski definition) is 3. The van der Waals surface area contributed by atoms with Gasteiger partial charge in [-0.3, -0.25) is 0 Å². The zero-order chi connectivity index (χ0) is 16.7. The van der Waals surface area contributed by atoms with Gasteiger partial charge in [0.15, 0.2) is 0 Å². The van der Waals surface area contributed by atoms with Crippen LogP contribution in [0.2, 0.25) is 0 Å². The van der Waals surface area contributed by atoms with Crippen LogP contribution >= 0.6 is 0 Å². The van der Waals surface area contributed by atoms with Crippen molar-refractivity contribution in [3.8, 4) is 11.5 Å². The SMILES string of the molecule is COc1ccc(OC)c(C(O)CNC(=O)NCC2CCCO2)c1. The monoisotopic (exact) mass is 324 g/mol. The highest BCUT2D eigenvalue weighted by atomic mass is 16.5. The van der Waals surface area contributed by atoms with Crippen molar-refractivity contribution in [1.29, 1.82) is 0 Å². The Hall–Kier alpha value is -1.99. The zero-order valence-corrected chi connectivity index (χ0v) is 13.5. The Bertz CT molecular complexity index is 517. The number of urea groups is 1. The third kappa shape index (κ3) is 5.01. The van der Waals surface area contributed by atoms with E-state index in [9.17, 15) is 9.90 Å². The van der Waals surface area contributed by atoms with Gasteiger partial charge in [-0.05, 0) is 31.0 Å². The Morgan fingerprint density at radius 1 is 1.39 bits per heavy atom. The van der Waals surface area contributed by atoms with Crippen LogP contribution in [-0.4, -0.2) is 51.2 Å². The van der Waals surface area contributed by atoms with Crippen molar-refractivity contribution in [2.75, 3.05) is 33.9 Å². The van der Waals surface area contributed by atoms with Crippen molar-refractivity contribution in [3.63, 3.8) is 0 Å². The summed E-state index contributed by atoms with van der Waals surface area (Å²) >= 11 is 0. The topological polar surface area (TPSA) is 89.0 Å². The summed E-state index contributed by atoms with van der Waals surface area (Å²) in [6, 6.07) is 4.82. The predicted molar refractivity (Wildman–Crippen MR) is 84.9 cm³/mol. The summed E-state index contributed by atoms with van der Waals surface area (Å²) in [7, 11) is 3.08. The molecular formula is C16H24N2O5. The Morgan fingerprint density at radius 2 is 2.22 bits per heavy atom. The van der Waals surface area contributed by atoms with E-state index in [1.54, 1.807) is 25.3 Å². The smallest absolute Gasteiger partial charge is 0.314 e. The van der Waals surface area contributed by atoms with Crippen LogP contribution < -0.4 is 20.1 Å². The quantitative estimate of drug-likeness (QED) is 0.702. The minimum atomic E-state index is -0.895. The molecule has 7 heteroatoms. The van der Waals surface area contributed by atoms with Crippen molar-refractivity contribution < 1.29 is 24.1 Å². The number of benzene rings is 1. The molecule has 23 heavy (non-hydrogen) atoms. The lowest BCUT2D eigenvalue weighted by Gasteiger charge is -2.17. The fraction of sp³-hybridized carbons (Fsp3) is 0.562. The second kappa shape index (κ2) is 8.59. The van der Waals surface area contributed by atoms with E-state index in [0.29, 0.717) is 23.6 Å². The van der Waals surface area contributed by atoms with Gasteiger partial charge in [0, 0.05) is 25.3 Å². The molecule has 0 saturated carbocycles. The van der Waals surface area contributed by atoms with Crippen LogP contribution in [0.25, 0.3) is 0 Å². The molecule has 1 aromatic rings. The van der Waals surface area contributed by atoms with Gasteiger partial charge in [-0.2, -0.15) is 0 Å². The molecular weight excluding hydrogens is 300 g/mol. The molecule has 1 aliphatic heterocycles. The van der Waals surface area contributed by atoms with Crippen LogP contribution in [0.5, 0.6) is 11.5 Å². The van der Waals surface area contributed by atoms with Gasteiger partial charge < -0.3 is 30.0 Å². The number of carbonyl (C=O) groups excluding carboxylic acids is 1. The summed E-state index contributed by atoms with van der Waals surface area (Å²) in [6.07, 6.45) is 1.18. The highest BCUT2D eigenvalue weighted by Crippen LogP contribution is 2.29. The molecule has 2 unspecified atom stereocenters. The second-order valence-electron chi connectivity index (χ2n) is 5.35. The minimum absolute atomic E-state index is 0.0703. The first-order valence-corrected chi connectivity index (χ1v) is 7.67. The summed E-state index contributed by atoms with van der Waals surface area (Å²) in [6.45, 7) is 1.30. The average Bonchev–Trinajstić information content (AvgIpc) is 3.10. The van der Waals surface area contributed by atoms with Crippen molar-refractivity contribution in [2.24, 2.45) is 0 Å². The molecule has 2 atom stereocenters. The van der Waals surface area contributed by atoms with E-state index in [-0.39, 0.29) is 18.7 Å². The van der Waals surface area contributed by atoms with Gasteiger partial charge in [0.1, 0.15) is 17.6 Å². The molecule has 7 nitrogen and oxygen atoms in total. The van der Waals surface area contributed by atoms with Crippen molar-refractivity contribution in [3.05, 3.63) is 23.8 Å². The van der Waals surface area contributed by atoms with Crippen molar-refractivity contribution in [1.82, 2.24) is 10.6 Å². The van der Waals surface area contributed by atoms with E-state index in [1.165, 1.54) is 7.11 Å². The van der Waals surface area contributed by atoms with Crippen LogP contribution in [-0.2, 0) is 4.74 Å². The summed E-state index contributed by atoms with van der Waals surface area (Å²) in [5.41, 5.74) is 0.561. The number of nitrogens with one attached hydrogen (secondary N) is 2. The summed E-state index contributed by atoms with van der Waals surface area (Å²) in [4.78, 5) is 11.8. The molecule has 3 N–H and O–H groups in total. The summed E-state index contributed by atoms with van der Waals surface area (Å²) in [5.74, 6) is 1.16. The third-order valence-electron chi connectivity index (χ3n) is 3.77. The molecule has 1 aliphatic rings. The van der Waals surface area contributed by atoms with Crippen LogP contribution in [0, 0.1) is 0 Å². The molecule has 0 bridgehead atoms. The van der Waals surface area contributed by atoms with Crippen LogP contribution in [0.15, 0.2) is 18.2 Å². The van der Waals surface area contributed by atoms with Gasteiger partial charge in [0.05, 0.1) is 20.3 Å². The standard InChI is InChI=1S/C16H24N2O5/c1-21-11-5-6-15(22-2)13(8-11)14(19)10-18-16(20)17-9-12-4-3-7-23-12/h5-6,8,12,14,19H,3-4,7,9-10H2,1-2H3,(H2,17,18,20). The van der Waals surface area contributed by atoms with Crippen LogP contribution in [0.3, 0.4) is 0 Å². The second-order valence-corrected chi connectivity index (χ2v) is 5.35.